The second-order valence-corrected chi connectivity index (χ2v) is 12.5. The molecule has 0 saturated carbocycles. The molecule has 0 radical (unpaired) electrons. The average Bonchev–Trinajstić information content (AvgIpc) is 3.30. The van der Waals surface area contributed by atoms with E-state index >= 15 is 0 Å². The molecule has 0 unspecified atom stereocenters. The lowest BCUT2D eigenvalue weighted by Crippen LogP contribution is -2.10. The van der Waals surface area contributed by atoms with Gasteiger partial charge in [-0.3, -0.25) is 0 Å². The van der Waals surface area contributed by atoms with Crippen LogP contribution in [0.2, 0.25) is 0 Å². The first kappa shape index (κ1) is 19.3. The molecule has 0 bridgehead atoms. The summed E-state index contributed by atoms with van der Waals surface area (Å²) in [6, 6.07) is 16.6. The summed E-state index contributed by atoms with van der Waals surface area (Å²) in [7, 11) is 0. The van der Waals surface area contributed by atoms with Gasteiger partial charge in [0.2, 0.25) is 0 Å². The molecule has 0 spiro atoms. The smallest absolute Gasteiger partial charge is 0.101 e. The Kier molecular flexibility index (Phi) is 4.25. The Hall–Kier alpha value is -1.71. The van der Waals surface area contributed by atoms with Gasteiger partial charge >= 0.3 is 0 Å². The van der Waals surface area contributed by atoms with Crippen LogP contribution in [0.5, 0.6) is 0 Å². The molecule has 0 N–H and O–H groups in total. The number of nitrogens with zero attached hydrogens (tertiary/aromatic N) is 1. The Morgan fingerprint density at radius 2 is 1.31 bits per heavy atom. The predicted molar refractivity (Wildman–Crippen MR) is 130 cm³/mol. The number of aryl methyl sites for hydroxylation is 1. The van der Waals surface area contributed by atoms with E-state index in [1.54, 1.807) is 4.88 Å². The van der Waals surface area contributed by atoms with Crippen molar-refractivity contribution in [2.24, 2.45) is 0 Å². The number of thiophene rings is 1. The van der Waals surface area contributed by atoms with Crippen molar-refractivity contribution in [1.29, 1.82) is 0 Å². The van der Waals surface area contributed by atoms with Crippen molar-refractivity contribution >= 4 is 44.9 Å². The number of aromatic nitrogens is 1. The summed E-state index contributed by atoms with van der Waals surface area (Å²) in [5.74, 6) is 1.23. The average molecular weight is 420 g/mol. The maximum absolute atomic E-state index is 2.49. The fourth-order valence-corrected chi connectivity index (χ4v) is 6.82. The molecule has 0 fully saturated rings. The van der Waals surface area contributed by atoms with Crippen molar-refractivity contribution in [3.8, 4) is 5.00 Å². The van der Waals surface area contributed by atoms with Crippen LogP contribution in [0, 0.1) is 0 Å². The first-order valence-electron chi connectivity index (χ1n) is 10.5. The number of hydrogen-bond acceptors (Lipinski definition) is 2. The van der Waals surface area contributed by atoms with E-state index in [4.69, 9.17) is 0 Å². The largest absolute Gasteiger partial charge is 0.301 e. The topological polar surface area (TPSA) is 4.93 Å². The highest BCUT2D eigenvalue weighted by Crippen LogP contribution is 2.43. The number of rotatable bonds is 1. The van der Waals surface area contributed by atoms with Crippen molar-refractivity contribution in [3.05, 3.63) is 58.5 Å². The molecular formula is C26H29NS2. The summed E-state index contributed by atoms with van der Waals surface area (Å²) in [4.78, 5) is 3.04. The SMILES string of the molecule is CC(C)(C)c1ccc2c(c1)c1cc(C(C)(C)C)ccc1n2-c1cc2c(s1)CCS2. The number of benzene rings is 2. The second-order valence-electron chi connectivity index (χ2n) is 10.3. The first-order valence-corrected chi connectivity index (χ1v) is 12.3. The van der Waals surface area contributed by atoms with Gasteiger partial charge in [-0.25, -0.2) is 0 Å². The fraction of sp³-hybridized carbons (Fsp3) is 0.385. The fourth-order valence-electron chi connectivity index (χ4n) is 4.25. The van der Waals surface area contributed by atoms with E-state index in [-0.39, 0.29) is 10.8 Å². The van der Waals surface area contributed by atoms with Gasteiger partial charge < -0.3 is 4.57 Å². The first-order chi connectivity index (χ1) is 13.6. The molecule has 0 atom stereocenters. The van der Waals surface area contributed by atoms with Crippen LogP contribution in [0.15, 0.2) is 47.4 Å². The highest BCUT2D eigenvalue weighted by molar-refractivity contribution is 7.99. The van der Waals surface area contributed by atoms with Crippen LogP contribution < -0.4 is 0 Å². The monoisotopic (exact) mass is 419 g/mol. The van der Waals surface area contributed by atoms with Crippen LogP contribution in [0.4, 0.5) is 0 Å². The molecule has 1 aliphatic heterocycles. The maximum atomic E-state index is 2.49. The molecule has 2 aromatic heterocycles. The molecule has 0 aliphatic carbocycles. The van der Waals surface area contributed by atoms with E-state index in [9.17, 15) is 0 Å². The molecule has 0 saturated heterocycles. The Balaban J connectivity index is 1.85. The summed E-state index contributed by atoms with van der Waals surface area (Å²) < 4.78 is 2.49. The Morgan fingerprint density at radius 1 is 0.759 bits per heavy atom. The summed E-state index contributed by atoms with van der Waals surface area (Å²) in [6.07, 6.45) is 1.21. The number of fused-ring (bicyclic) bond motifs is 4. The zero-order valence-corrected chi connectivity index (χ0v) is 19.9. The molecular weight excluding hydrogens is 390 g/mol. The Morgan fingerprint density at radius 3 is 1.79 bits per heavy atom. The third-order valence-electron chi connectivity index (χ3n) is 6.06. The van der Waals surface area contributed by atoms with Crippen LogP contribution in [0.3, 0.4) is 0 Å². The lowest BCUT2D eigenvalue weighted by Gasteiger charge is -2.19. The summed E-state index contributed by atoms with van der Waals surface area (Å²) in [5.41, 5.74) is 5.73. The van der Waals surface area contributed by atoms with Gasteiger partial charge in [-0.2, -0.15) is 0 Å². The van der Waals surface area contributed by atoms with E-state index in [2.05, 4.69) is 88.6 Å². The molecule has 3 heterocycles. The quantitative estimate of drug-likeness (QED) is 0.302. The van der Waals surface area contributed by atoms with Gasteiger partial charge in [-0.15, -0.1) is 23.1 Å². The highest BCUT2D eigenvalue weighted by Gasteiger charge is 2.23. The normalized spacial score (nSPS) is 14.8. The van der Waals surface area contributed by atoms with E-state index < -0.39 is 0 Å². The van der Waals surface area contributed by atoms with Crippen LogP contribution >= 0.6 is 23.1 Å². The Bertz CT molecular complexity index is 1150. The van der Waals surface area contributed by atoms with Gasteiger partial charge in [-0.05, 0) is 58.7 Å². The van der Waals surface area contributed by atoms with Crippen molar-refractivity contribution in [2.75, 3.05) is 5.75 Å². The van der Waals surface area contributed by atoms with Crippen LogP contribution in [0.1, 0.15) is 57.5 Å². The van der Waals surface area contributed by atoms with Crippen molar-refractivity contribution in [2.45, 2.75) is 63.7 Å². The maximum Gasteiger partial charge on any atom is 0.101 e. The predicted octanol–water partition coefficient (Wildman–Crippen LogP) is 8.09. The number of hydrogen-bond donors (Lipinski definition) is 0. The van der Waals surface area contributed by atoms with Crippen molar-refractivity contribution in [1.82, 2.24) is 4.57 Å². The van der Waals surface area contributed by atoms with Gasteiger partial charge in [0.05, 0.1) is 11.0 Å². The minimum Gasteiger partial charge on any atom is -0.301 e. The van der Waals surface area contributed by atoms with Crippen LogP contribution in [0.25, 0.3) is 26.8 Å². The summed E-state index contributed by atoms with van der Waals surface area (Å²) in [5, 5.41) is 4.11. The van der Waals surface area contributed by atoms with Gasteiger partial charge in [0.25, 0.3) is 0 Å². The molecule has 5 rings (SSSR count). The Labute approximate surface area is 182 Å². The van der Waals surface area contributed by atoms with Crippen molar-refractivity contribution in [3.63, 3.8) is 0 Å². The van der Waals surface area contributed by atoms with E-state index in [0.29, 0.717) is 0 Å². The van der Waals surface area contributed by atoms with Gasteiger partial charge in [0.15, 0.2) is 0 Å². The third kappa shape index (κ3) is 3.14. The summed E-state index contributed by atoms with van der Waals surface area (Å²) in [6.45, 7) is 13.8. The minimum atomic E-state index is 0.144. The zero-order chi connectivity index (χ0) is 20.6. The minimum absolute atomic E-state index is 0.144. The van der Waals surface area contributed by atoms with Gasteiger partial charge in [0.1, 0.15) is 5.00 Å². The van der Waals surface area contributed by atoms with Crippen molar-refractivity contribution < 1.29 is 0 Å². The molecule has 1 aliphatic rings. The third-order valence-corrected chi connectivity index (χ3v) is 8.45. The highest BCUT2D eigenvalue weighted by atomic mass is 32.2. The number of thioether (sulfide) groups is 1. The van der Waals surface area contributed by atoms with Gasteiger partial charge in [-0.1, -0.05) is 53.7 Å². The molecule has 2 aromatic carbocycles. The lowest BCUT2D eigenvalue weighted by molar-refractivity contribution is 0.590. The standard InChI is InChI=1S/C26H29NS2/c1-25(2,3)16-7-9-20-18(13-16)19-14-17(26(4,5)6)8-10-21(19)27(20)24-15-23-22(29-24)11-12-28-23/h7-10,13-15H,11-12H2,1-6H3. The zero-order valence-electron chi connectivity index (χ0n) is 18.2. The van der Waals surface area contributed by atoms with E-state index in [0.717, 1.165) is 0 Å². The molecule has 150 valence electrons. The molecule has 0 amide bonds. The summed E-state index contributed by atoms with van der Waals surface area (Å²) >= 11 is 3.98. The molecule has 1 nitrogen and oxygen atoms in total. The molecule has 29 heavy (non-hydrogen) atoms. The second kappa shape index (κ2) is 6.39. The lowest BCUT2D eigenvalue weighted by atomic mass is 9.85. The van der Waals surface area contributed by atoms with Crippen LogP contribution in [-0.4, -0.2) is 10.3 Å². The van der Waals surface area contributed by atoms with E-state index in [1.807, 2.05) is 23.1 Å². The van der Waals surface area contributed by atoms with E-state index in [1.165, 1.54) is 55.0 Å². The molecule has 4 aromatic rings. The molecule has 3 heteroatoms. The van der Waals surface area contributed by atoms with Crippen LogP contribution in [-0.2, 0) is 17.3 Å². The van der Waals surface area contributed by atoms with Gasteiger partial charge in [0, 0.05) is 26.3 Å².